The highest BCUT2D eigenvalue weighted by Gasteiger charge is 2.02. The molecule has 0 bridgehead atoms. The molecule has 0 saturated heterocycles. The maximum absolute atomic E-state index is 5.83. The van der Waals surface area contributed by atoms with Crippen LogP contribution in [0, 0.1) is 0 Å². The molecule has 5 heteroatoms. The van der Waals surface area contributed by atoms with Crippen LogP contribution in [0.5, 0.6) is 0 Å². The fourth-order valence-electron chi connectivity index (χ4n) is 1.58. The van der Waals surface area contributed by atoms with E-state index in [0.29, 0.717) is 5.02 Å². The molecule has 0 aliphatic carbocycles. The van der Waals surface area contributed by atoms with Crippen molar-refractivity contribution >= 4 is 22.9 Å². The van der Waals surface area contributed by atoms with Gasteiger partial charge in [-0.2, -0.15) is 5.10 Å². The summed E-state index contributed by atoms with van der Waals surface area (Å²) in [6, 6.07) is 4.33. The third-order valence-electron chi connectivity index (χ3n) is 2.36. The smallest absolute Gasteiger partial charge is 0.0785 e. The molecule has 3 nitrogen and oxygen atoms in total. The molecule has 0 spiro atoms. The molecule has 0 aliphatic heterocycles. The van der Waals surface area contributed by atoms with E-state index in [0.717, 1.165) is 19.6 Å². The number of nitrogens with one attached hydrogen (secondary N) is 1. The Morgan fingerprint density at radius 3 is 2.94 bits per heavy atom. The van der Waals surface area contributed by atoms with Gasteiger partial charge >= 0.3 is 0 Å². The van der Waals surface area contributed by atoms with Gasteiger partial charge in [0.25, 0.3) is 0 Å². The number of aromatic nitrogens is 2. The Balaban J connectivity index is 1.89. The van der Waals surface area contributed by atoms with Gasteiger partial charge in [0.1, 0.15) is 0 Å². The van der Waals surface area contributed by atoms with Crippen LogP contribution < -0.4 is 5.32 Å². The second-order valence-electron chi connectivity index (χ2n) is 3.90. The van der Waals surface area contributed by atoms with E-state index in [9.17, 15) is 0 Å². The third-order valence-corrected chi connectivity index (χ3v) is 3.63. The molecule has 0 amide bonds. The van der Waals surface area contributed by atoms with Crippen molar-refractivity contribution in [3.8, 4) is 0 Å². The highest BCUT2D eigenvalue weighted by Crippen LogP contribution is 2.18. The maximum atomic E-state index is 5.83. The van der Waals surface area contributed by atoms with E-state index in [1.54, 1.807) is 6.20 Å². The standard InChI is InChI=1S/C12H16ClN3S/c1-2-5-14-7-11-3-4-12(17-11)9-16-8-10(13)6-15-16/h3-4,6,8,14H,2,5,7,9H2,1H3. The Morgan fingerprint density at radius 1 is 1.41 bits per heavy atom. The van der Waals surface area contributed by atoms with Gasteiger partial charge in [0.15, 0.2) is 0 Å². The first-order chi connectivity index (χ1) is 8.28. The molecular formula is C12H16ClN3S. The van der Waals surface area contributed by atoms with Crippen LogP contribution in [0.25, 0.3) is 0 Å². The molecule has 2 heterocycles. The lowest BCUT2D eigenvalue weighted by atomic mass is 10.4. The number of nitrogens with zero attached hydrogens (tertiary/aromatic N) is 2. The Bertz CT molecular complexity index is 464. The lowest BCUT2D eigenvalue weighted by Gasteiger charge is -1.99. The first kappa shape index (κ1) is 12.6. The zero-order valence-electron chi connectivity index (χ0n) is 9.82. The summed E-state index contributed by atoms with van der Waals surface area (Å²) in [5.74, 6) is 0. The van der Waals surface area contributed by atoms with Crippen LogP contribution in [-0.4, -0.2) is 16.3 Å². The molecule has 92 valence electrons. The Labute approximate surface area is 110 Å². The minimum absolute atomic E-state index is 0.686. The van der Waals surface area contributed by atoms with Crippen LogP contribution in [0.3, 0.4) is 0 Å². The molecule has 0 fully saturated rings. The second-order valence-corrected chi connectivity index (χ2v) is 5.59. The van der Waals surface area contributed by atoms with Crippen molar-refractivity contribution in [1.82, 2.24) is 15.1 Å². The molecule has 0 unspecified atom stereocenters. The van der Waals surface area contributed by atoms with Gasteiger partial charge in [-0.1, -0.05) is 18.5 Å². The number of rotatable bonds is 6. The summed E-state index contributed by atoms with van der Waals surface area (Å²) in [4.78, 5) is 2.67. The average molecular weight is 270 g/mol. The van der Waals surface area contributed by atoms with Gasteiger partial charge in [-0.15, -0.1) is 11.3 Å². The fourth-order valence-corrected chi connectivity index (χ4v) is 2.71. The third kappa shape index (κ3) is 3.84. The predicted octanol–water partition coefficient (Wildman–Crippen LogP) is 3.15. The van der Waals surface area contributed by atoms with E-state index >= 15 is 0 Å². The maximum Gasteiger partial charge on any atom is 0.0785 e. The molecule has 1 N–H and O–H groups in total. The highest BCUT2D eigenvalue weighted by molar-refractivity contribution is 7.11. The van der Waals surface area contributed by atoms with E-state index in [1.807, 2.05) is 22.2 Å². The molecule has 2 aromatic rings. The highest BCUT2D eigenvalue weighted by atomic mass is 35.5. The van der Waals surface area contributed by atoms with Crippen molar-refractivity contribution < 1.29 is 0 Å². The van der Waals surface area contributed by atoms with Gasteiger partial charge in [-0.25, -0.2) is 0 Å². The molecule has 17 heavy (non-hydrogen) atoms. The number of hydrogen-bond donors (Lipinski definition) is 1. The zero-order chi connectivity index (χ0) is 12.1. The van der Waals surface area contributed by atoms with Crippen LogP contribution in [0.4, 0.5) is 0 Å². The van der Waals surface area contributed by atoms with Gasteiger partial charge in [-0.3, -0.25) is 4.68 Å². The van der Waals surface area contributed by atoms with Crippen LogP contribution in [0.2, 0.25) is 5.02 Å². The minimum atomic E-state index is 0.686. The summed E-state index contributed by atoms with van der Waals surface area (Å²) in [5, 5.41) is 8.26. The van der Waals surface area contributed by atoms with Crippen molar-refractivity contribution in [3.63, 3.8) is 0 Å². The van der Waals surface area contributed by atoms with E-state index in [-0.39, 0.29) is 0 Å². The first-order valence-corrected chi connectivity index (χ1v) is 6.93. The van der Waals surface area contributed by atoms with E-state index in [2.05, 4.69) is 29.5 Å². The monoisotopic (exact) mass is 269 g/mol. The van der Waals surface area contributed by atoms with Crippen molar-refractivity contribution in [2.75, 3.05) is 6.54 Å². The van der Waals surface area contributed by atoms with Gasteiger partial charge in [0.05, 0.1) is 17.8 Å². The van der Waals surface area contributed by atoms with Gasteiger partial charge in [0, 0.05) is 22.5 Å². The fraction of sp³-hybridized carbons (Fsp3) is 0.417. The predicted molar refractivity (Wildman–Crippen MR) is 72.7 cm³/mol. The lowest BCUT2D eigenvalue weighted by molar-refractivity contribution is 0.681. The van der Waals surface area contributed by atoms with Crippen LogP contribution in [0.1, 0.15) is 23.1 Å². The molecular weight excluding hydrogens is 254 g/mol. The quantitative estimate of drug-likeness (QED) is 0.817. The molecule has 0 aliphatic rings. The Morgan fingerprint density at radius 2 is 2.24 bits per heavy atom. The molecule has 0 saturated carbocycles. The van der Waals surface area contributed by atoms with Crippen molar-refractivity contribution in [2.45, 2.75) is 26.4 Å². The molecule has 2 aromatic heterocycles. The summed E-state index contributed by atoms with van der Waals surface area (Å²) >= 11 is 7.65. The summed E-state index contributed by atoms with van der Waals surface area (Å²) < 4.78 is 1.86. The molecule has 0 aromatic carbocycles. The molecule has 0 atom stereocenters. The van der Waals surface area contributed by atoms with Crippen molar-refractivity contribution in [3.05, 3.63) is 39.3 Å². The summed E-state index contributed by atoms with van der Waals surface area (Å²) in [6.45, 7) is 5.00. The average Bonchev–Trinajstić information content (AvgIpc) is 2.90. The Hall–Kier alpha value is -0.840. The van der Waals surface area contributed by atoms with E-state index in [4.69, 9.17) is 11.6 Å². The van der Waals surface area contributed by atoms with E-state index in [1.165, 1.54) is 16.2 Å². The largest absolute Gasteiger partial charge is 0.312 e. The van der Waals surface area contributed by atoms with Gasteiger partial charge in [-0.05, 0) is 25.1 Å². The summed E-state index contributed by atoms with van der Waals surface area (Å²) in [5.41, 5.74) is 0. The second kappa shape index (κ2) is 6.19. The lowest BCUT2D eigenvalue weighted by Crippen LogP contribution is -2.12. The van der Waals surface area contributed by atoms with Crippen LogP contribution in [-0.2, 0) is 13.1 Å². The molecule has 0 radical (unpaired) electrons. The normalized spacial score (nSPS) is 10.9. The topological polar surface area (TPSA) is 29.9 Å². The number of thiophene rings is 1. The van der Waals surface area contributed by atoms with Gasteiger partial charge < -0.3 is 5.32 Å². The summed E-state index contributed by atoms with van der Waals surface area (Å²) in [7, 11) is 0. The Kier molecular flexibility index (Phi) is 4.59. The summed E-state index contributed by atoms with van der Waals surface area (Å²) in [6.07, 6.45) is 4.68. The van der Waals surface area contributed by atoms with Crippen molar-refractivity contribution in [2.24, 2.45) is 0 Å². The van der Waals surface area contributed by atoms with Crippen LogP contribution >= 0.6 is 22.9 Å². The van der Waals surface area contributed by atoms with Gasteiger partial charge in [0.2, 0.25) is 0 Å². The number of halogens is 1. The molecule has 2 rings (SSSR count). The first-order valence-electron chi connectivity index (χ1n) is 5.74. The zero-order valence-corrected chi connectivity index (χ0v) is 11.4. The minimum Gasteiger partial charge on any atom is -0.312 e. The SMILES string of the molecule is CCCNCc1ccc(Cn2cc(Cl)cn2)s1. The van der Waals surface area contributed by atoms with E-state index < -0.39 is 0 Å². The number of hydrogen-bond acceptors (Lipinski definition) is 3. The van der Waals surface area contributed by atoms with Crippen LogP contribution in [0.15, 0.2) is 24.5 Å². The van der Waals surface area contributed by atoms with Crippen molar-refractivity contribution in [1.29, 1.82) is 0 Å².